The maximum atomic E-state index is 12.8. The first-order chi connectivity index (χ1) is 31.3. The van der Waals surface area contributed by atoms with Gasteiger partial charge in [-0.2, -0.15) is 0 Å². The van der Waals surface area contributed by atoms with E-state index >= 15 is 0 Å². The van der Waals surface area contributed by atoms with Crippen molar-refractivity contribution in [1.29, 1.82) is 0 Å². The highest BCUT2D eigenvalue weighted by Gasteiger charge is 2.44. The Morgan fingerprint density at radius 1 is 0.484 bits per heavy atom. The number of ether oxygens (including phenoxy) is 4. The average molecular weight is 905 g/mol. The molecule has 0 spiro atoms. The van der Waals surface area contributed by atoms with Gasteiger partial charge >= 0.3 is 11.9 Å². The molecule has 0 saturated carbocycles. The zero-order chi connectivity index (χ0) is 46.6. The van der Waals surface area contributed by atoms with Gasteiger partial charge in [-0.3, -0.25) is 9.59 Å². The topological polar surface area (TPSA) is 152 Å². The molecule has 1 fully saturated rings. The van der Waals surface area contributed by atoms with E-state index in [-0.39, 0.29) is 32.0 Å². The van der Waals surface area contributed by atoms with Gasteiger partial charge in [0.2, 0.25) is 0 Å². The van der Waals surface area contributed by atoms with Crippen molar-refractivity contribution in [2.24, 2.45) is 0 Å². The molecule has 0 radical (unpaired) electrons. The van der Waals surface area contributed by atoms with Gasteiger partial charge in [-0.05, 0) is 51.4 Å². The Kier molecular flexibility index (Phi) is 41.5. The summed E-state index contributed by atoms with van der Waals surface area (Å²) in [4.78, 5) is 25.4. The minimum Gasteiger partial charge on any atom is -0.462 e. The molecule has 1 aliphatic rings. The largest absolute Gasteiger partial charge is 0.462 e. The first kappa shape index (κ1) is 59.7. The van der Waals surface area contributed by atoms with Crippen molar-refractivity contribution in [2.45, 2.75) is 263 Å². The maximum absolute atomic E-state index is 12.8. The summed E-state index contributed by atoms with van der Waals surface area (Å²) >= 11 is 0. The third-order valence-electron chi connectivity index (χ3n) is 12.0. The first-order valence-electron chi connectivity index (χ1n) is 26.2. The lowest BCUT2D eigenvalue weighted by Crippen LogP contribution is -2.59. The van der Waals surface area contributed by atoms with E-state index in [0.29, 0.717) is 12.8 Å². The van der Waals surface area contributed by atoms with Crippen LogP contribution < -0.4 is 0 Å². The van der Waals surface area contributed by atoms with Gasteiger partial charge in [0.1, 0.15) is 31.0 Å². The van der Waals surface area contributed by atoms with Crippen LogP contribution in [0.3, 0.4) is 0 Å². The van der Waals surface area contributed by atoms with Gasteiger partial charge in [0.15, 0.2) is 12.4 Å². The summed E-state index contributed by atoms with van der Waals surface area (Å²) in [6.45, 7) is 3.40. The van der Waals surface area contributed by atoms with Crippen molar-refractivity contribution in [3.63, 3.8) is 0 Å². The maximum Gasteiger partial charge on any atom is 0.306 e. The number of rotatable bonds is 44. The highest BCUT2D eigenvalue weighted by atomic mass is 16.7. The van der Waals surface area contributed by atoms with Crippen LogP contribution in [0.1, 0.15) is 226 Å². The smallest absolute Gasteiger partial charge is 0.306 e. The molecule has 0 aromatic heterocycles. The summed E-state index contributed by atoms with van der Waals surface area (Å²) in [5, 5.41) is 40.2. The van der Waals surface area contributed by atoms with Crippen LogP contribution in [-0.2, 0) is 28.5 Å². The molecular weight excluding hydrogens is 809 g/mol. The van der Waals surface area contributed by atoms with Crippen LogP contribution in [0.4, 0.5) is 0 Å². The number of aliphatic hydroxyl groups is 4. The van der Waals surface area contributed by atoms with Crippen LogP contribution in [0.15, 0.2) is 48.6 Å². The minimum absolute atomic E-state index is 0.155. The molecule has 1 rings (SSSR count). The molecular formula is C54H96O10. The van der Waals surface area contributed by atoms with Crippen LogP contribution in [0.25, 0.3) is 0 Å². The molecule has 372 valence electrons. The molecule has 1 saturated heterocycles. The minimum atomic E-state index is -1.61. The Morgan fingerprint density at radius 3 is 1.36 bits per heavy atom. The van der Waals surface area contributed by atoms with Gasteiger partial charge in [-0.15, -0.1) is 0 Å². The highest BCUT2D eigenvalue weighted by Crippen LogP contribution is 2.23. The second-order valence-electron chi connectivity index (χ2n) is 18.0. The number of aliphatic hydroxyl groups excluding tert-OH is 4. The predicted molar refractivity (Wildman–Crippen MR) is 261 cm³/mol. The van der Waals surface area contributed by atoms with Crippen molar-refractivity contribution in [3.8, 4) is 0 Å². The Bertz CT molecular complexity index is 1180. The molecule has 0 aromatic carbocycles. The zero-order valence-corrected chi connectivity index (χ0v) is 40.8. The van der Waals surface area contributed by atoms with Crippen molar-refractivity contribution >= 4 is 11.9 Å². The molecule has 1 aliphatic heterocycles. The van der Waals surface area contributed by atoms with Crippen molar-refractivity contribution in [1.82, 2.24) is 0 Å². The summed E-state index contributed by atoms with van der Waals surface area (Å²) in [5.74, 6) is -0.864. The normalized spacial score (nSPS) is 19.8. The van der Waals surface area contributed by atoms with Crippen molar-refractivity contribution in [2.75, 3.05) is 19.8 Å². The average Bonchev–Trinajstić information content (AvgIpc) is 3.29. The molecule has 1 heterocycles. The predicted octanol–water partition coefficient (Wildman–Crippen LogP) is 12.4. The van der Waals surface area contributed by atoms with E-state index in [4.69, 9.17) is 18.9 Å². The van der Waals surface area contributed by atoms with E-state index in [9.17, 15) is 30.0 Å². The van der Waals surface area contributed by atoms with Crippen molar-refractivity contribution in [3.05, 3.63) is 48.6 Å². The fourth-order valence-corrected chi connectivity index (χ4v) is 7.83. The number of hydrogen-bond donors (Lipinski definition) is 4. The molecule has 10 heteroatoms. The molecule has 6 atom stereocenters. The van der Waals surface area contributed by atoms with E-state index in [2.05, 4.69) is 56.4 Å². The number of esters is 2. The Morgan fingerprint density at radius 2 is 0.891 bits per heavy atom. The number of hydrogen-bond acceptors (Lipinski definition) is 10. The second kappa shape index (κ2) is 44.5. The van der Waals surface area contributed by atoms with Crippen LogP contribution >= 0.6 is 0 Å². The monoisotopic (exact) mass is 905 g/mol. The fraction of sp³-hybridized carbons (Fsp3) is 0.815. The molecule has 0 aromatic rings. The third-order valence-corrected chi connectivity index (χ3v) is 12.0. The number of unbranched alkanes of at least 4 members (excludes halogenated alkanes) is 25. The fourth-order valence-electron chi connectivity index (χ4n) is 7.83. The van der Waals surface area contributed by atoms with Crippen LogP contribution in [-0.4, -0.2) is 89.0 Å². The van der Waals surface area contributed by atoms with E-state index in [1.54, 1.807) is 0 Å². The number of carbonyl (C=O) groups is 2. The summed E-state index contributed by atoms with van der Waals surface area (Å²) in [5.41, 5.74) is 0. The summed E-state index contributed by atoms with van der Waals surface area (Å²) < 4.78 is 22.2. The van der Waals surface area contributed by atoms with Crippen LogP contribution in [0.5, 0.6) is 0 Å². The summed E-state index contributed by atoms with van der Waals surface area (Å²) in [6, 6.07) is 0. The van der Waals surface area contributed by atoms with E-state index in [1.165, 1.54) is 148 Å². The van der Waals surface area contributed by atoms with Gasteiger partial charge in [0.25, 0.3) is 0 Å². The van der Waals surface area contributed by atoms with Gasteiger partial charge in [-0.1, -0.05) is 210 Å². The van der Waals surface area contributed by atoms with Gasteiger partial charge in [0, 0.05) is 12.8 Å². The van der Waals surface area contributed by atoms with E-state index in [1.807, 2.05) is 6.08 Å². The summed E-state index contributed by atoms with van der Waals surface area (Å²) in [6.07, 6.45) is 47.0. The third kappa shape index (κ3) is 34.9. The number of carbonyl (C=O) groups excluding carboxylic acids is 2. The Balaban J connectivity index is 2.30. The van der Waals surface area contributed by atoms with Gasteiger partial charge in [0.05, 0.1) is 13.2 Å². The quantitative estimate of drug-likeness (QED) is 0.0264. The van der Waals surface area contributed by atoms with Gasteiger partial charge < -0.3 is 39.4 Å². The second-order valence-corrected chi connectivity index (χ2v) is 18.0. The molecule has 4 N–H and O–H groups in total. The van der Waals surface area contributed by atoms with Crippen LogP contribution in [0.2, 0.25) is 0 Å². The lowest BCUT2D eigenvalue weighted by atomic mass is 9.99. The molecule has 10 nitrogen and oxygen atoms in total. The molecule has 0 amide bonds. The standard InChI is InChI=1S/C54H96O10/c1-3-5-7-9-11-13-15-17-19-21-23-24-25-27-29-31-33-35-37-39-41-43-50(57)63-47(46-62-54-53(60)52(59)51(58)48(44-55)64-54)45-61-49(56)42-40-38-36-34-32-30-28-26-22-20-18-16-14-12-10-8-6-4-2/h19,21,24-25,29,31,35,37,47-48,51-55,58-60H,3-18,20,22-23,26-28,30,32-34,36,38-46H2,1-2H3/b21-19+,25-24+,31-29+,37-35+/t47-,48-,51+,52?,53?,54-/m1/s1. The van der Waals surface area contributed by atoms with Gasteiger partial charge in [-0.25, -0.2) is 0 Å². The number of allylic oxidation sites excluding steroid dienone is 8. The lowest BCUT2D eigenvalue weighted by molar-refractivity contribution is -0.305. The summed E-state index contributed by atoms with van der Waals surface area (Å²) in [7, 11) is 0. The molecule has 0 bridgehead atoms. The lowest BCUT2D eigenvalue weighted by Gasteiger charge is -2.39. The Labute approximate surface area is 390 Å². The molecule has 2 unspecified atom stereocenters. The van der Waals surface area contributed by atoms with Crippen LogP contribution in [0, 0.1) is 0 Å². The molecule has 64 heavy (non-hydrogen) atoms. The first-order valence-corrected chi connectivity index (χ1v) is 26.2. The van der Waals surface area contributed by atoms with E-state index < -0.39 is 49.4 Å². The highest BCUT2D eigenvalue weighted by molar-refractivity contribution is 5.70. The van der Waals surface area contributed by atoms with E-state index in [0.717, 1.165) is 38.5 Å². The zero-order valence-electron chi connectivity index (χ0n) is 40.8. The SMILES string of the molecule is CCCCCCCCC/C=C/C/C=C/C/C=C/C/C=C/CCCC(=O)O[C@H](COC(=O)CCCCCCCCCCCCCCCCCCCC)CO[C@@H]1O[C@H](CO)[C@H](O)C(O)C1O. The molecule has 0 aliphatic carbocycles. The Hall–Kier alpha value is -2.34. The van der Waals surface area contributed by atoms with Crippen molar-refractivity contribution < 1.29 is 49.0 Å².